The molecule has 26 heavy (non-hydrogen) atoms. The van der Waals surface area contributed by atoms with Crippen LogP contribution in [0.3, 0.4) is 0 Å². The van der Waals surface area contributed by atoms with Crippen molar-refractivity contribution in [3.05, 3.63) is 57.6 Å². The third kappa shape index (κ3) is 3.79. The maximum absolute atomic E-state index is 12.3. The number of carbonyl (C=O) groups excluding carboxylic acids is 1. The number of methoxy groups -OCH3 is 2. The second kappa shape index (κ2) is 7.98. The highest BCUT2D eigenvalue weighted by atomic mass is 35.5. The van der Waals surface area contributed by atoms with Crippen molar-refractivity contribution in [2.24, 2.45) is 5.10 Å². The molecule has 1 aliphatic heterocycles. The molecule has 0 radical (unpaired) electrons. The number of halogens is 2. The predicted molar refractivity (Wildman–Crippen MR) is 102 cm³/mol. The Morgan fingerprint density at radius 3 is 2.38 bits per heavy atom. The Labute approximate surface area is 162 Å². The molecule has 136 valence electrons. The maximum Gasteiger partial charge on any atom is 0.243 e. The van der Waals surface area contributed by atoms with Crippen LogP contribution in [0, 0.1) is 0 Å². The minimum Gasteiger partial charge on any atom is -0.493 e. The molecule has 0 aliphatic carbocycles. The highest BCUT2D eigenvalue weighted by molar-refractivity contribution is 6.36. The zero-order chi connectivity index (χ0) is 18.7. The van der Waals surface area contributed by atoms with Gasteiger partial charge in [0.15, 0.2) is 11.5 Å². The minimum absolute atomic E-state index is 0.0646. The third-order valence-corrected chi connectivity index (χ3v) is 4.90. The molecule has 0 unspecified atom stereocenters. The lowest BCUT2D eigenvalue weighted by Gasteiger charge is -2.24. The van der Waals surface area contributed by atoms with E-state index in [4.69, 9.17) is 32.7 Å². The monoisotopic (exact) mass is 392 g/mol. The summed E-state index contributed by atoms with van der Waals surface area (Å²) in [4.78, 5) is 12.3. The van der Waals surface area contributed by atoms with Crippen molar-refractivity contribution < 1.29 is 14.3 Å². The molecule has 1 amide bonds. The van der Waals surface area contributed by atoms with Crippen LogP contribution in [0.4, 0.5) is 0 Å². The molecule has 0 fully saturated rings. The summed E-state index contributed by atoms with van der Waals surface area (Å²) in [5.74, 6) is 1.19. The Hall–Kier alpha value is -2.24. The van der Waals surface area contributed by atoms with Crippen LogP contribution in [-0.4, -0.2) is 30.8 Å². The number of hydrogen-bond donors (Lipinski definition) is 0. The number of hydrazone groups is 1. The number of ether oxygens (including phenoxy) is 2. The van der Waals surface area contributed by atoms with E-state index in [1.54, 1.807) is 32.4 Å². The summed E-state index contributed by atoms with van der Waals surface area (Å²) in [6.45, 7) is 0.230. The molecule has 5 nitrogen and oxygen atoms in total. The molecule has 7 heteroatoms. The zero-order valence-electron chi connectivity index (χ0n) is 14.5. The summed E-state index contributed by atoms with van der Waals surface area (Å²) in [6.07, 6.45) is 0.927. The number of carbonyl (C=O) groups is 1. The molecule has 0 N–H and O–H groups in total. The summed E-state index contributed by atoms with van der Waals surface area (Å²) >= 11 is 12.4. The van der Waals surface area contributed by atoms with E-state index in [2.05, 4.69) is 5.10 Å². The first-order chi connectivity index (χ1) is 12.5. The largest absolute Gasteiger partial charge is 0.493 e. The van der Waals surface area contributed by atoms with Crippen molar-refractivity contribution in [2.45, 2.75) is 19.4 Å². The van der Waals surface area contributed by atoms with E-state index in [9.17, 15) is 4.79 Å². The highest BCUT2D eigenvalue weighted by Crippen LogP contribution is 2.30. The molecule has 1 aliphatic rings. The van der Waals surface area contributed by atoms with Crippen LogP contribution in [0.1, 0.15) is 24.0 Å². The van der Waals surface area contributed by atoms with Crippen LogP contribution in [0.25, 0.3) is 0 Å². The van der Waals surface area contributed by atoms with E-state index < -0.39 is 0 Å². The van der Waals surface area contributed by atoms with E-state index in [-0.39, 0.29) is 12.5 Å². The van der Waals surface area contributed by atoms with Gasteiger partial charge in [0, 0.05) is 34.0 Å². The van der Waals surface area contributed by atoms with Crippen molar-refractivity contribution in [1.82, 2.24) is 5.01 Å². The molecule has 0 atom stereocenters. The normalized spacial score (nSPS) is 14.2. The first kappa shape index (κ1) is 18.5. The standard InChI is InChI=1S/C19H18Cl2N2O3/c1-25-17-8-6-12(10-18(17)26-2)16-7-9-19(24)23(22-16)11-13-14(20)4-3-5-15(13)21/h3-6,8,10H,7,9,11H2,1-2H3. The first-order valence-corrected chi connectivity index (χ1v) is 8.82. The van der Waals surface area contributed by atoms with Gasteiger partial charge in [-0.3, -0.25) is 4.79 Å². The number of benzene rings is 2. The van der Waals surface area contributed by atoms with Crippen LogP contribution in [-0.2, 0) is 11.3 Å². The van der Waals surface area contributed by atoms with E-state index in [0.717, 1.165) is 11.3 Å². The molecule has 2 aromatic rings. The van der Waals surface area contributed by atoms with Crippen LogP contribution in [0.15, 0.2) is 41.5 Å². The van der Waals surface area contributed by atoms with Gasteiger partial charge in [-0.1, -0.05) is 29.3 Å². The fourth-order valence-electron chi connectivity index (χ4n) is 2.78. The Bertz CT molecular complexity index is 848. The highest BCUT2D eigenvalue weighted by Gasteiger charge is 2.23. The summed E-state index contributed by atoms with van der Waals surface area (Å²) in [5, 5.41) is 6.97. The molecular formula is C19H18Cl2N2O3. The Morgan fingerprint density at radius 1 is 1.04 bits per heavy atom. The van der Waals surface area contributed by atoms with Crippen LogP contribution in [0.2, 0.25) is 10.0 Å². The van der Waals surface area contributed by atoms with Crippen molar-refractivity contribution >= 4 is 34.8 Å². The quantitative estimate of drug-likeness (QED) is 0.750. The fraction of sp³-hybridized carbons (Fsp3) is 0.263. The third-order valence-electron chi connectivity index (χ3n) is 4.19. The van der Waals surface area contributed by atoms with Crippen LogP contribution < -0.4 is 9.47 Å². The molecular weight excluding hydrogens is 375 g/mol. The summed E-state index contributed by atoms with van der Waals surface area (Å²) in [5.41, 5.74) is 2.36. The number of hydrogen-bond acceptors (Lipinski definition) is 4. The van der Waals surface area contributed by atoms with E-state index >= 15 is 0 Å². The van der Waals surface area contributed by atoms with Gasteiger partial charge in [0.1, 0.15) is 0 Å². The zero-order valence-corrected chi connectivity index (χ0v) is 16.0. The average Bonchev–Trinajstić information content (AvgIpc) is 2.65. The van der Waals surface area contributed by atoms with Gasteiger partial charge in [0.2, 0.25) is 5.91 Å². The van der Waals surface area contributed by atoms with Gasteiger partial charge in [-0.25, -0.2) is 5.01 Å². The van der Waals surface area contributed by atoms with Crippen LogP contribution in [0.5, 0.6) is 11.5 Å². The van der Waals surface area contributed by atoms with Crippen molar-refractivity contribution in [2.75, 3.05) is 14.2 Å². The van der Waals surface area contributed by atoms with E-state index in [0.29, 0.717) is 39.9 Å². The summed E-state index contributed by atoms with van der Waals surface area (Å²) in [6, 6.07) is 10.8. The second-order valence-electron chi connectivity index (χ2n) is 5.77. The molecule has 2 aromatic carbocycles. The molecule has 1 heterocycles. The first-order valence-electron chi connectivity index (χ1n) is 8.06. The van der Waals surface area contributed by atoms with Crippen molar-refractivity contribution in [3.8, 4) is 11.5 Å². The molecule has 3 rings (SSSR count). The van der Waals surface area contributed by atoms with Gasteiger partial charge in [0.05, 0.1) is 26.5 Å². The topological polar surface area (TPSA) is 51.1 Å². The fourth-order valence-corrected chi connectivity index (χ4v) is 3.30. The lowest BCUT2D eigenvalue weighted by molar-refractivity contribution is -0.132. The van der Waals surface area contributed by atoms with Gasteiger partial charge in [-0.2, -0.15) is 5.10 Å². The Morgan fingerprint density at radius 2 is 1.73 bits per heavy atom. The van der Waals surface area contributed by atoms with Crippen LogP contribution >= 0.6 is 23.2 Å². The van der Waals surface area contributed by atoms with Gasteiger partial charge < -0.3 is 9.47 Å². The minimum atomic E-state index is -0.0646. The van der Waals surface area contributed by atoms with E-state index in [1.807, 2.05) is 18.2 Å². The molecule has 0 bridgehead atoms. The van der Waals surface area contributed by atoms with E-state index in [1.165, 1.54) is 5.01 Å². The molecule has 0 aromatic heterocycles. The van der Waals surface area contributed by atoms with Gasteiger partial charge >= 0.3 is 0 Å². The lowest BCUT2D eigenvalue weighted by Crippen LogP contribution is -2.31. The van der Waals surface area contributed by atoms with Crippen molar-refractivity contribution in [1.29, 1.82) is 0 Å². The average molecular weight is 393 g/mol. The maximum atomic E-state index is 12.3. The number of rotatable bonds is 5. The Balaban J connectivity index is 1.92. The predicted octanol–water partition coefficient (Wildman–Crippen LogP) is 4.54. The van der Waals surface area contributed by atoms with Gasteiger partial charge in [0.25, 0.3) is 0 Å². The lowest BCUT2D eigenvalue weighted by atomic mass is 10.0. The van der Waals surface area contributed by atoms with Crippen molar-refractivity contribution in [3.63, 3.8) is 0 Å². The molecule has 0 spiro atoms. The summed E-state index contributed by atoms with van der Waals surface area (Å²) in [7, 11) is 3.17. The Kier molecular flexibility index (Phi) is 5.69. The van der Waals surface area contributed by atoms with Gasteiger partial charge in [-0.15, -0.1) is 0 Å². The number of amides is 1. The number of nitrogens with zero attached hydrogens (tertiary/aromatic N) is 2. The molecule has 0 saturated carbocycles. The SMILES string of the molecule is COc1ccc(C2=NN(Cc3c(Cl)cccc3Cl)C(=O)CC2)cc1OC. The summed E-state index contributed by atoms with van der Waals surface area (Å²) < 4.78 is 10.6. The van der Waals surface area contributed by atoms with Gasteiger partial charge in [-0.05, 0) is 30.3 Å². The molecule has 0 saturated heterocycles. The second-order valence-corrected chi connectivity index (χ2v) is 6.58. The smallest absolute Gasteiger partial charge is 0.243 e.